The first kappa shape index (κ1) is 17.0. The van der Waals surface area contributed by atoms with Crippen molar-refractivity contribution in [3.05, 3.63) is 74.4 Å². The third kappa shape index (κ3) is 2.74. The van der Waals surface area contributed by atoms with Gasteiger partial charge in [-0.05, 0) is 35.7 Å². The number of benzene rings is 1. The number of thiazole rings is 1. The number of aliphatic hydroxyl groups is 1. The van der Waals surface area contributed by atoms with Gasteiger partial charge >= 0.3 is 5.91 Å². The molecule has 0 spiro atoms. The quantitative estimate of drug-likeness (QED) is 0.398. The number of ketones is 1. The Balaban J connectivity index is 1.92. The van der Waals surface area contributed by atoms with E-state index in [1.165, 1.54) is 27.6 Å². The van der Waals surface area contributed by atoms with Crippen LogP contribution >= 0.6 is 34.3 Å². The lowest BCUT2D eigenvalue weighted by molar-refractivity contribution is -0.132. The maximum atomic E-state index is 12.7. The summed E-state index contributed by atoms with van der Waals surface area (Å²) in [5, 5.41) is 15.3. The van der Waals surface area contributed by atoms with Gasteiger partial charge in [0.05, 0.1) is 5.57 Å². The summed E-state index contributed by atoms with van der Waals surface area (Å²) in [6, 6.07) is 9.42. The first-order valence-corrected chi connectivity index (χ1v) is 9.71. The van der Waals surface area contributed by atoms with E-state index in [1.807, 2.05) is 17.5 Å². The molecule has 0 saturated carbocycles. The molecule has 3 aromatic rings. The summed E-state index contributed by atoms with van der Waals surface area (Å²) in [5.41, 5.74) is 0.475. The fourth-order valence-electron chi connectivity index (χ4n) is 2.84. The van der Waals surface area contributed by atoms with Gasteiger partial charge < -0.3 is 5.11 Å². The lowest BCUT2D eigenvalue weighted by atomic mass is 10.00. The van der Waals surface area contributed by atoms with Crippen molar-refractivity contribution in [3.8, 4) is 0 Å². The number of aliphatic hydroxyl groups excluding tert-OH is 1. The predicted octanol–water partition coefficient (Wildman–Crippen LogP) is 4.48. The number of carbonyl (C=O) groups excluding carboxylic acids is 2. The van der Waals surface area contributed by atoms with E-state index in [0.29, 0.717) is 15.7 Å². The number of hydrogen-bond donors (Lipinski definition) is 1. The molecule has 0 radical (unpaired) electrons. The minimum absolute atomic E-state index is 0.0509. The number of nitrogens with zero attached hydrogens (tertiary/aromatic N) is 2. The van der Waals surface area contributed by atoms with Crippen molar-refractivity contribution in [1.82, 2.24) is 4.98 Å². The van der Waals surface area contributed by atoms with Gasteiger partial charge in [0, 0.05) is 27.0 Å². The monoisotopic (exact) mass is 402 g/mol. The molecular formula is C18H11ClN2O3S2. The molecular weight excluding hydrogens is 392 g/mol. The molecule has 4 rings (SSSR count). The number of Topliss-reactive ketones (excluding diaryl/α,β-unsaturated/α-hetero) is 1. The van der Waals surface area contributed by atoms with Gasteiger partial charge in [0.2, 0.25) is 0 Å². The molecule has 1 aliphatic rings. The van der Waals surface area contributed by atoms with Crippen molar-refractivity contribution in [1.29, 1.82) is 0 Å². The van der Waals surface area contributed by atoms with Crippen LogP contribution in [0, 0.1) is 0 Å². The molecule has 8 heteroatoms. The van der Waals surface area contributed by atoms with Crippen molar-refractivity contribution in [2.45, 2.75) is 6.04 Å². The van der Waals surface area contributed by atoms with Crippen molar-refractivity contribution < 1.29 is 14.7 Å². The van der Waals surface area contributed by atoms with Crippen molar-refractivity contribution >= 4 is 56.9 Å². The zero-order chi connectivity index (χ0) is 18.3. The summed E-state index contributed by atoms with van der Waals surface area (Å²) in [4.78, 5) is 31.7. The molecule has 5 nitrogen and oxygen atoms in total. The molecule has 1 N–H and O–H groups in total. The summed E-state index contributed by atoms with van der Waals surface area (Å²) in [6.45, 7) is 0. The average molecular weight is 403 g/mol. The number of hydrogen-bond acceptors (Lipinski definition) is 6. The van der Waals surface area contributed by atoms with Gasteiger partial charge in [0.25, 0.3) is 5.78 Å². The molecule has 1 aromatic carbocycles. The molecule has 0 bridgehead atoms. The van der Waals surface area contributed by atoms with Crippen molar-refractivity contribution in [3.63, 3.8) is 0 Å². The van der Waals surface area contributed by atoms with Crippen LogP contribution in [-0.4, -0.2) is 21.8 Å². The maximum absolute atomic E-state index is 12.7. The normalized spacial score (nSPS) is 19.3. The topological polar surface area (TPSA) is 70.5 Å². The standard InChI is InChI=1S/C18H11ClN2O3S2/c19-11-5-3-10(4-6-11)15(22)13-14(12-2-1-8-25-12)21(17(24)16(13)23)18-20-7-9-26-18/h1-9,14,22H/t14-/m0/s1. The van der Waals surface area contributed by atoms with Crippen LogP contribution in [0.1, 0.15) is 16.5 Å². The zero-order valence-electron chi connectivity index (χ0n) is 13.1. The van der Waals surface area contributed by atoms with E-state index < -0.39 is 17.7 Å². The molecule has 1 atom stereocenters. The molecule has 0 aliphatic carbocycles. The van der Waals surface area contributed by atoms with Crippen molar-refractivity contribution in [2.24, 2.45) is 0 Å². The minimum atomic E-state index is -0.731. The summed E-state index contributed by atoms with van der Waals surface area (Å²) in [5.74, 6) is -1.66. The van der Waals surface area contributed by atoms with Crippen LogP contribution in [0.25, 0.3) is 5.76 Å². The number of carbonyl (C=O) groups is 2. The van der Waals surface area contributed by atoms with Crippen LogP contribution in [-0.2, 0) is 9.59 Å². The van der Waals surface area contributed by atoms with Crippen molar-refractivity contribution in [2.75, 3.05) is 4.90 Å². The van der Waals surface area contributed by atoms with E-state index in [2.05, 4.69) is 4.98 Å². The molecule has 1 saturated heterocycles. The van der Waals surface area contributed by atoms with E-state index >= 15 is 0 Å². The lowest BCUT2D eigenvalue weighted by Gasteiger charge is -2.21. The Kier molecular flexibility index (Phi) is 4.36. The van der Waals surface area contributed by atoms with Gasteiger partial charge in [-0.15, -0.1) is 22.7 Å². The first-order valence-electron chi connectivity index (χ1n) is 7.58. The maximum Gasteiger partial charge on any atom is 0.301 e. The molecule has 130 valence electrons. The average Bonchev–Trinajstić information content (AvgIpc) is 3.37. The summed E-state index contributed by atoms with van der Waals surface area (Å²) < 4.78 is 0. The highest BCUT2D eigenvalue weighted by Crippen LogP contribution is 2.43. The lowest BCUT2D eigenvalue weighted by Crippen LogP contribution is -2.28. The number of amides is 1. The molecule has 0 unspecified atom stereocenters. The highest BCUT2D eigenvalue weighted by atomic mass is 35.5. The Morgan fingerprint density at radius 2 is 1.88 bits per heavy atom. The Labute approximate surface area is 161 Å². The smallest absolute Gasteiger partial charge is 0.301 e. The number of thiophene rings is 1. The summed E-state index contributed by atoms with van der Waals surface area (Å²) in [7, 11) is 0. The van der Waals surface area contributed by atoms with E-state index in [1.54, 1.807) is 35.8 Å². The van der Waals surface area contributed by atoms with Crippen LogP contribution in [0.5, 0.6) is 0 Å². The number of halogens is 1. The first-order chi connectivity index (χ1) is 12.6. The molecule has 2 aromatic heterocycles. The Morgan fingerprint density at radius 3 is 2.50 bits per heavy atom. The predicted molar refractivity (Wildman–Crippen MR) is 103 cm³/mol. The molecule has 1 aliphatic heterocycles. The van der Waals surface area contributed by atoms with Gasteiger partial charge in [0.1, 0.15) is 11.8 Å². The Morgan fingerprint density at radius 1 is 1.12 bits per heavy atom. The SMILES string of the molecule is O=C1C(=O)N(c2nccs2)[C@@H](c2cccs2)C1=C(O)c1ccc(Cl)cc1. The summed E-state index contributed by atoms with van der Waals surface area (Å²) >= 11 is 8.57. The molecule has 3 heterocycles. The van der Waals surface area contributed by atoms with Crippen LogP contribution in [0.3, 0.4) is 0 Å². The van der Waals surface area contributed by atoms with Crippen LogP contribution < -0.4 is 4.90 Å². The second-order valence-corrected chi connectivity index (χ2v) is 7.79. The third-order valence-electron chi connectivity index (χ3n) is 4.00. The second kappa shape index (κ2) is 6.68. The highest BCUT2D eigenvalue weighted by Gasteiger charge is 2.48. The highest BCUT2D eigenvalue weighted by molar-refractivity contribution is 7.14. The Bertz CT molecular complexity index is 996. The number of aromatic nitrogens is 1. The molecule has 1 amide bonds. The van der Waals surface area contributed by atoms with E-state index in [-0.39, 0.29) is 11.3 Å². The summed E-state index contributed by atoms with van der Waals surface area (Å²) in [6.07, 6.45) is 1.57. The second-order valence-electron chi connectivity index (χ2n) is 5.51. The van der Waals surface area contributed by atoms with Crippen LogP contribution in [0.4, 0.5) is 5.13 Å². The van der Waals surface area contributed by atoms with Gasteiger partial charge in [-0.1, -0.05) is 17.7 Å². The van der Waals surface area contributed by atoms with Gasteiger partial charge in [0.15, 0.2) is 5.13 Å². The largest absolute Gasteiger partial charge is 0.507 e. The molecule has 1 fully saturated rings. The number of rotatable bonds is 3. The molecule has 26 heavy (non-hydrogen) atoms. The third-order valence-corrected chi connectivity index (χ3v) is 5.95. The van der Waals surface area contributed by atoms with E-state index in [9.17, 15) is 14.7 Å². The fraction of sp³-hybridized carbons (Fsp3) is 0.0556. The van der Waals surface area contributed by atoms with Gasteiger partial charge in [-0.3, -0.25) is 14.5 Å². The van der Waals surface area contributed by atoms with Crippen LogP contribution in [0.2, 0.25) is 5.02 Å². The number of anilines is 1. The Hall–Kier alpha value is -2.48. The zero-order valence-corrected chi connectivity index (χ0v) is 15.5. The van der Waals surface area contributed by atoms with E-state index in [4.69, 9.17) is 11.6 Å². The fourth-order valence-corrected chi connectivity index (χ4v) is 4.46. The van der Waals surface area contributed by atoms with Gasteiger partial charge in [-0.2, -0.15) is 0 Å². The minimum Gasteiger partial charge on any atom is -0.507 e. The van der Waals surface area contributed by atoms with Gasteiger partial charge in [-0.25, -0.2) is 4.98 Å². The van der Waals surface area contributed by atoms with Crippen LogP contribution in [0.15, 0.2) is 58.9 Å². The van der Waals surface area contributed by atoms with E-state index in [0.717, 1.165) is 4.88 Å².